The lowest BCUT2D eigenvalue weighted by Gasteiger charge is -2.15. The predicted octanol–water partition coefficient (Wildman–Crippen LogP) is 4.61. The van der Waals surface area contributed by atoms with Crippen LogP contribution >= 0.6 is 0 Å². The zero-order valence-electron chi connectivity index (χ0n) is 16.3. The standard InChI is InChI=1S/C23H16F3NO3S/c1-14-2-8-17(9-3-14)31(29,30)22-13-27(12-15-4-6-16(24)7-5-15)21-11-20(26)19(25)10-18(21)23(22)28/h2-11,13H,12H2,1H3. The van der Waals surface area contributed by atoms with Crippen LogP contribution < -0.4 is 5.43 Å². The molecule has 0 fully saturated rings. The Morgan fingerprint density at radius 2 is 1.48 bits per heavy atom. The van der Waals surface area contributed by atoms with Crippen LogP contribution in [0.2, 0.25) is 0 Å². The SMILES string of the molecule is Cc1ccc(S(=O)(=O)c2cn(Cc3ccc(F)cc3)c3cc(F)c(F)cc3c2=O)cc1. The van der Waals surface area contributed by atoms with E-state index in [0.29, 0.717) is 11.6 Å². The van der Waals surface area contributed by atoms with E-state index in [2.05, 4.69) is 0 Å². The summed E-state index contributed by atoms with van der Waals surface area (Å²) in [5.74, 6) is -2.89. The number of aryl methyl sites for hydroxylation is 1. The molecule has 31 heavy (non-hydrogen) atoms. The van der Waals surface area contributed by atoms with Crippen molar-refractivity contribution in [2.45, 2.75) is 23.3 Å². The van der Waals surface area contributed by atoms with Gasteiger partial charge < -0.3 is 4.57 Å². The molecule has 0 atom stereocenters. The zero-order chi connectivity index (χ0) is 22.3. The van der Waals surface area contributed by atoms with Gasteiger partial charge in [-0.25, -0.2) is 21.6 Å². The summed E-state index contributed by atoms with van der Waals surface area (Å²) < 4.78 is 68.8. The molecule has 0 aliphatic heterocycles. The van der Waals surface area contributed by atoms with Crippen molar-refractivity contribution in [3.05, 3.63) is 106 Å². The van der Waals surface area contributed by atoms with Gasteiger partial charge in [0.1, 0.15) is 10.7 Å². The molecule has 0 aliphatic carbocycles. The monoisotopic (exact) mass is 443 g/mol. The highest BCUT2D eigenvalue weighted by Gasteiger charge is 2.24. The highest BCUT2D eigenvalue weighted by Crippen LogP contribution is 2.24. The Labute approximate surface area is 176 Å². The molecule has 0 radical (unpaired) electrons. The molecule has 1 aromatic heterocycles. The first-order chi connectivity index (χ1) is 14.7. The molecule has 0 spiro atoms. The number of hydrogen-bond acceptors (Lipinski definition) is 3. The van der Waals surface area contributed by atoms with Crippen LogP contribution in [0, 0.1) is 24.4 Å². The van der Waals surface area contributed by atoms with E-state index in [1.807, 2.05) is 0 Å². The third-order valence-corrected chi connectivity index (χ3v) is 6.74. The summed E-state index contributed by atoms with van der Waals surface area (Å²) in [7, 11) is -4.23. The Balaban J connectivity index is 1.99. The second kappa shape index (κ2) is 7.70. The van der Waals surface area contributed by atoms with Crippen LogP contribution in [0.3, 0.4) is 0 Å². The van der Waals surface area contributed by atoms with E-state index in [1.165, 1.54) is 41.0 Å². The molecule has 4 aromatic rings. The molecule has 0 N–H and O–H groups in total. The van der Waals surface area contributed by atoms with E-state index >= 15 is 0 Å². The summed E-state index contributed by atoms with van der Waals surface area (Å²) in [5, 5.41) is -0.269. The number of pyridine rings is 1. The van der Waals surface area contributed by atoms with Crippen LogP contribution in [-0.4, -0.2) is 13.0 Å². The number of hydrogen-bond donors (Lipinski definition) is 0. The fourth-order valence-corrected chi connectivity index (χ4v) is 4.68. The first-order valence-electron chi connectivity index (χ1n) is 9.25. The van der Waals surface area contributed by atoms with Gasteiger partial charge >= 0.3 is 0 Å². The largest absolute Gasteiger partial charge is 0.341 e. The summed E-state index contributed by atoms with van der Waals surface area (Å²) in [5.41, 5.74) is 0.513. The Kier molecular flexibility index (Phi) is 5.18. The molecule has 0 bridgehead atoms. The van der Waals surface area contributed by atoms with Gasteiger partial charge in [-0.1, -0.05) is 29.8 Å². The van der Waals surface area contributed by atoms with Crippen molar-refractivity contribution in [2.24, 2.45) is 0 Å². The molecule has 1 heterocycles. The van der Waals surface area contributed by atoms with Gasteiger partial charge in [0.15, 0.2) is 11.6 Å². The number of fused-ring (bicyclic) bond motifs is 1. The lowest BCUT2D eigenvalue weighted by Crippen LogP contribution is -2.20. The minimum absolute atomic E-state index is 0.0125. The number of rotatable bonds is 4. The molecule has 0 aliphatic rings. The van der Waals surface area contributed by atoms with Crippen molar-refractivity contribution in [1.29, 1.82) is 0 Å². The number of benzene rings is 3. The van der Waals surface area contributed by atoms with Crippen LogP contribution in [0.25, 0.3) is 10.9 Å². The normalized spacial score (nSPS) is 11.7. The van der Waals surface area contributed by atoms with Crippen LogP contribution in [0.5, 0.6) is 0 Å². The van der Waals surface area contributed by atoms with Gasteiger partial charge in [0, 0.05) is 18.8 Å². The molecule has 158 valence electrons. The Morgan fingerprint density at radius 1 is 0.871 bits per heavy atom. The van der Waals surface area contributed by atoms with Gasteiger partial charge in [0.2, 0.25) is 15.3 Å². The lowest BCUT2D eigenvalue weighted by atomic mass is 10.1. The van der Waals surface area contributed by atoms with E-state index in [1.54, 1.807) is 19.1 Å². The van der Waals surface area contributed by atoms with Crippen LogP contribution in [0.1, 0.15) is 11.1 Å². The maximum absolute atomic E-state index is 13.9. The molecule has 4 nitrogen and oxygen atoms in total. The molecule has 8 heteroatoms. The molecular formula is C23H16F3NO3S. The average Bonchev–Trinajstić information content (AvgIpc) is 2.73. The van der Waals surface area contributed by atoms with Gasteiger partial charge in [0.25, 0.3) is 0 Å². The van der Waals surface area contributed by atoms with Crippen molar-refractivity contribution < 1.29 is 21.6 Å². The average molecular weight is 443 g/mol. The highest BCUT2D eigenvalue weighted by molar-refractivity contribution is 7.91. The molecule has 0 unspecified atom stereocenters. The Bertz CT molecular complexity index is 1460. The quantitative estimate of drug-likeness (QED) is 0.463. The van der Waals surface area contributed by atoms with E-state index in [0.717, 1.165) is 17.8 Å². The maximum atomic E-state index is 13.9. The molecule has 3 aromatic carbocycles. The van der Waals surface area contributed by atoms with Gasteiger partial charge in [-0.2, -0.15) is 0 Å². The summed E-state index contributed by atoms with van der Waals surface area (Å²) in [4.78, 5) is 12.3. The maximum Gasteiger partial charge on any atom is 0.211 e. The van der Waals surface area contributed by atoms with Gasteiger partial charge in [-0.05, 0) is 42.8 Å². The molecule has 0 saturated heterocycles. The predicted molar refractivity (Wildman–Crippen MR) is 110 cm³/mol. The molecule has 4 rings (SSSR count). The van der Waals surface area contributed by atoms with Crippen LogP contribution in [0.4, 0.5) is 13.2 Å². The number of nitrogens with zero attached hydrogens (tertiary/aromatic N) is 1. The summed E-state index contributed by atoms with van der Waals surface area (Å²) in [6.07, 6.45) is 1.11. The second-order valence-electron chi connectivity index (χ2n) is 7.18. The fraction of sp³-hybridized carbons (Fsp3) is 0.0870. The fourth-order valence-electron chi connectivity index (χ4n) is 3.31. The number of sulfone groups is 1. The van der Waals surface area contributed by atoms with Crippen molar-refractivity contribution in [3.63, 3.8) is 0 Å². The Hall–Kier alpha value is -3.39. The zero-order valence-corrected chi connectivity index (χ0v) is 17.1. The molecule has 0 saturated carbocycles. The number of aromatic nitrogens is 1. The topological polar surface area (TPSA) is 56.1 Å². The van der Waals surface area contributed by atoms with Crippen LogP contribution in [0.15, 0.2) is 81.4 Å². The third kappa shape index (κ3) is 3.86. The molecule has 0 amide bonds. The molecular weight excluding hydrogens is 427 g/mol. The summed E-state index contributed by atoms with van der Waals surface area (Å²) in [6.45, 7) is 1.80. The van der Waals surface area contributed by atoms with E-state index in [-0.39, 0.29) is 22.3 Å². The lowest BCUT2D eigenvalue weighted by molar-refractivity contribution is 0.510. The van der Waals surface area contributed by atoms with E-state index in [9.17, 15) is 26.4 Å². The van der Waals surface area contributed by atoms with Gasteiger partial charge in [0.05, 0.1) is 15.8 Å². The first-order valence-corrected chi connectivity index (χ1v) is 10.7. The summed E-state index contributed by atoms with van der Waals surface area (Å²) in [6, 6.07) is 12.9. The third-order valence-electron chi connectivity index (χ3n) is 4.98. The second-order valence-corrected chi connectivity index (χ2v) is 9.09. The smallest absolute Gasteiger partial charge is 0.211 e. The Morgan fingerprint density at radius 3 is 2.13 bits per heavy atom. The van der Waals surface area contributed by atoms with Crippen molar-refractivity contribution in [3.8, 4) is 0 Å². The number of halogens is 3. The first kappa shape index (κ1) is 20.9. The van der Waals surface area contributed by atoms with Crippen molar-refractivity contribution in [1.82, 2.24) is 4.57 Å². The van der Waals surface area contributed by atoms with Crippen molar-refractivity contribution in [2.75, 3.05) is 0 Å². The van der Waals surface area contributed by atoms with E-state index < -0.39 is 37.6 Å². The minimum Gasteiger partial charge on any atom is -0.341 e. The highest BCUT2D eigenvalue weighted by atomic mass is 32.2. The minimum atomic E-state index is -4.23. The van der Waals surface area contributed by atoms with Gasteiger partial charge in [-0.3, -0.25) is 4.79 Å². The summed E-state index contributed by atoms with van der Waals surface area (Å²) >= 11 is 0. The van der Waals surface area contributed by atoms with Crippen LogP contribution in [-0.2, 0) is 16.4 Å². The van der Waals surface area contributed by atoms with E-state index in [4.69, 9.17) is 0 Å². The van der Waals surface area contributed by atoms with Gasteiger partial charge in [-0.15, -0.1) is 0 Å². The van der Waals surface area contributed by atoms with Crippen molar-refractivity contribution >= 4 is 20.7 Å².